The Morgan fingerprint density at radius 3 is 3.00 bits per heavy atom. The highest BCUT2D eigenvalue weighted by Crippen LogP contribution is 2.29. The number of benzene rings is 1. The second-order valence-corrected chi connectivity index (χ2v) is 5.14. The largest absolute Gasteiger partial charge is 0.467 e. The summed E-state index contributed by atoms with van der Waals surface area (Å²) < 4.78 is 24.1. The van der Waals surface area contributed by atoms with Crippen molar-refractivity contribution >= 4 is 5.91 Å². The Bertz CT molecular complexity index is 708. The van der Waals surface area contributed by atoms with Crippen molar-refractivity contribution in [1.29, 1.82) is 0 Å². The van der Waals surface area contributed by atoms with Gasteiger partial charge >= 0.3 is 0 Å². The minimum Gasteiger partial charge on any atom is -0.467 e. The van der Waals surface area contributed by atoms with Crippen LogP contribution in [0, 0.1) is 19.7 Å². The SMILES string of the molecule is Cc1nc(C(=O)NCc2cc(F)cc3c2OCOC3)[nH]c1C. The van der Waals surface area contributed by atoms with Crippen LogP contribution >= 0.6 is 0 Å². The zero-order valence-corrected chi connectivity index (χ0v) is 12.3. The van der Waals surface area contributed by atoms with Crippen LogP contribution in [0.2, 0.25) is 0 Å². The third-order valence-electron chi connectivity index (χ3n) is 3.53. The molecule has 0 spiro atoms. The Morgan fingerprint density at radius 2 is 2.27 bits per heavy atom. The first-order valence-corrected chi connectivity index (χ1v) is 6.88. The molecule has 2 N–H and O–H groups in total. The van der Waals surface area contributed by atoms with Crippen molar-refractivity contribution in [3.63, 3.8) is 0 Å². The number of ether oxygens (including phenoxy) is 2. The Kier molecular flexibility index (Phi) is 3.81. The Morgan fingerprint density at radius 1 is 1.45 bits per heavy atom. The van der Waals surface area contributed by atoms with Crippen molar-refractivity contribution < 1.29 is 18.7 Å². The summed E-state index contributed by atoms with van der Waals surface area (Å²) in [5.74, 6) is 0.0762. The van der Waals surface area contributed by atoms with Crippen LogP contribution in [0.25, 0.3) is 0 Å². The molecular weight excluding hydrogens is 289 g/mol. The predicted molar refractivity (Wildman–Crippen MR) is 75.9 cm³/mol. The summed E-state index contributed by atoms with van der Waals surface area (Å²) in [6, 6.07) is 2.72. The smallest absolute Gasteiger partial charge is 0.287 e. The molecule has 6 nitrogen and oxygen atoms in total. The molecule has 1 aromatic carbocycles. The standard InChI is InChI=1S/C15H16FN3O3/c1-8-9(2)19-14(18-8)15(20)17-5-10-3-12(16)4-11-6-21-7-22-13(10)11/h3-4H,5-7H2,1-2H3,(H,17,20)(H,18,19). The van der Waals surface area contributed by atoms with Gasteiger partial charge in [-0.15, -0.1) is 0 Å². The number of amides is 1. The van der Waals surface area contributed by atoms with Crippen molar-refractivity contribution in [2.24, 2.45) is 0 Å². The van der Waals surface area contributed by atoms with E-state index in [1.807, 2.05) is 13.8 Å². The molecule has 0 radical (unpaired) electrons. The van der Waals surface area contributed by atoms with E-state index < -0.39 is 0 Å². The van der Waals surface area contributed by atoms with Crippen molar-refractivity contribution in [1.82, 2.24) is 15.3 Å². The molecule has 1 aliphatic heterocycles. The second-order valence-electron chi connectivity index (χ2n) is 5.14. The monoisotopic (exact) mass is 305 g/mol. The van der Waals surface area contributed by atoms with E-state index in [1.54, 1.807) is 0 Å². The van der Waals surface area contributed by atoms with E-state index in [1.165, 1.54) is 12.1 Å². The number of imidazole rings is 1. The molecule has 0 atom stereocenters. The molecule has 22 heavy (non-hydrogen) atoms. The van der Waals surface area contributed by atoms with Crippen LogP contribution < -0.4 is 10.1 Å². The summed E-state index contributed by atoms with van der Waals surface area (Å²) in [6.45, 7) is 4.23. The third kappa shape index (κ3) is 2.80. The average Bonchev–Trinajstić information content (AvgIpc) is 2.84. The van der Waals surface area contributed by atoms with Gasteiger partial charge in [0.2, 0.25) is 0 Å². The molecule has 1 amide bonds. The van der Waals surface area contributed by atoms with Crippen molar-refractivity contribution in [3.8, 4) is 5.75 Å². The normalized spacial score (nSPS) is 13.4. The van der Waals surface area contributed by atoms with Crippen molar-refractivity contribution in [2.45, 2.75) is 27.0 Å². The summed E-state index contributed by atoms with van der Waals surface area (Å²) in [7, 11) is 0. The van der Waals surface area contributed by atoms with E-state index in [4.69, 9.17) is 9.47 Å². The number of nitrogens with one attached hydrogen (secondary N) is 2. The highest BCUT2D eigenvalue weighted by atomic mass is 19.1. The third-order valence-corrected chi connectivity index (χ3v) is 3.53. The van der Waals surface area contributed by atoms with E-state index >= 15 is 0 Å². The molecule has 0 aliphatic carbocycles. The van der Waals surface area contributed by atoms with Crippen molar-refractivity contribution in [2.75, 3.05) is 6.79 Å². The fraction of sp³-hybridized carbons (Fsp3) is 0.333. The van der Waals surface area contributed by atoms with Gasteiger partial charge in [-0.1, -0.05) is 0 Å². The summed E-state index contributed by atoms with van der Waals surface area (Å²) in [6.07, 6.45) is 0. The number of carbonyl (C=O) groups excluding carboxylic acids is 1. The number of aryl methyl sites for hydroxylation is 2. The van der Waals surface area contributed by atoms with Crippen LogP contribution in [-0.2, 0) is 17.9 Å². The minimum atomic E-state index is -0.387. The Hall–Kier alpha value is -2.41. The van der Waals surface area contributed by atoms with Crippen LogP contribution in [0.1, 0.15) is 33.1 Å². The van der Waals surface area contributed by atoms with Crippen molar-refractivity contribution in [3.05, 3.63) is 46.3 Å². The van der Waals surface area contributed by atoms with Gasteiger partial charge in [0, 0.05) is 23.4 Å². The first-order valence-electron chi connectivity index (χ1n) is 6.88. The number of aromatic nitrogens is 2. The summed E-state index contributed by atoms with van der Waals surface area (Å²) in [5.41, 5.74) is 2.83. The average molecular weight is 305 g/mol. The molecule has 1 aliphatic rings. The molecule has 0 bridgehead atoms. The molecule has 2 heterocycles. The van der Waals surface area contributed by atoms with Gasteiger partial charge in [0.25, 0.3) is 5.91 Å². The molecule has 3 rings (SSSR count). The minimum absolute atomic E-state index is 0.121. The van der Waals surface area contributed by atoms with Gasteiger partial charge in [0.1, 0.15) is 11.6 Å². The van der Waals surface area contributed by atoms with Crippen LogP contribution in [0.3, 0.4) is 0 Å². The van der Waals surface area contributed by atoms with Gasteiger partial charge in [-0.3, -0.25) is 4.79 Å². The number of hydrogen-bond donors (Lipinski definition) is 2. The second kappa shape index (κ2) is 5.76. The molecule has 0 unspecified atom stereocenters. The zero-order chi connectivity index (χ0) is 15.7. The lowest BCUT2D eigenvalue weighted by Gasteiger charge is -2.20. The summed E-state index contributed by atoms with van der Waals surface area (Å²) in [5, 5.41) is 2.71. The van der Waals surface area contributed by atoms with Crippen LogP contribution in [0.15, 0.2) is 12.1 Å². The number of rotatable bonds is 3. The molecule has 0 saturated carbocycles. The van der Waals surface area contributed by atoms with Gasteiger partial charge in [0.05, 0.1) is 12.3 Å². The Labute approximate surface area is 126 Å². The van der Waals surface area contributed by atoms with Gasteiger partial charge in [-0.2, -0.15) is 0 Å². The number of halogens is 1. The maximum atomic E-state index is 13.6. The summed E-state index contributed by atoms with van der Waals surface area (Å²) in [4.78, 5) is 19.1. The fourth-order valence-corrected chi connectivity index (χ4v) is 2.30. The number of H-pyrrole nitrogens is 1. The van der Waals surface area contributed by atoms with Crippen LogP contribution in [0.4, 0.5) is 4.39 Å². The summed E-state index contributed by atoms with van der Waals surface area (Å²) >= 11 is 0. The molecule has 0 saturated heterocycles. The molecule has 7 heteroatoms. The molecule has 1 aromatic heterocycles. The fourth-order valence-electron chi connectivity index (χ4n) is 2.30. The molecule has 0 fully saturated rings. The van der Waals surface area contributed by atoms with Gasteiger partial charge in [-0.05, 0) is 26.0 Å². The van der Waals surface area contributed by atoms with E-state index in [0.29, 0.717) is 23.5 Å². The maximum absolute atomic E-state index is 13.6. The lowest BCUT2D eigenvalue weighted by Crippen LogP contribution is -2.25. The van der Waals surface area contributed by atoms with Gasteiger partial charge in [0.15, 0.2) is 12.6 Å². The van der Waals surface area contributed by atoms with Crippen LogP contribution in [-0.4, -0.2) is 22.7 Å². The maximum Gasteiger partial charge on any atom is 0.287 e. The lowest BCUT2D eigenvalue weighted by atomic mass is 10.1. The number of nitrogens with zero attached hydrogens (tertiary/aromatic N) is 1. The van der Waals surface area contributed by atoms with Gasteiger partial charge in [-0.25, -0.2) is 9.37 Å². The van der Waals surface area contributed by atoms with E-state index in [-0.39, 0.29) is 30.9 Å². The quantitative estimate of drug-likeness (QED) is 0.909. The number of fused-ring (bicyclic) bond motifs is 1. The van der Waals surface area contributed by atoms with E-state index in [9.17, 15) is 9.18 Å². The number of aromatic amines is 1. The van der Waals surface area contributed by atoms with Gasteiger partial charge < -0.3 is 19.8 Å². The molecular formula is C15H16FN3O3. The first kappa shape index (κ1) is 14.5. The number of carbonyl (C=O) groups is 1. The first-order chi connectivity index (χ1) is 10.5. The zero-order valence-electron chi connectivity index (χ0n) is 12.3. The van der Waals surface area contributed by atoms with E-state index in [0.717, 1.165) is 11.4 Å². The Balaban J connectivity index is 1.76. The van der Waals surface area contributed by atoms with Crippen LogP contribution in [0.5, 0.6) is 5.75 Å². The lowest BCUT2D eigenvalue weighted by molar-refractivity contribution is -0.0173. The highest BCUT2D eigenvalue weighted by molar-refractivity contribution is 5.90. The number of hydrogen-bond acceptors (Lipinski definition) is 4. The highest BCUT2D eigenvalue weighted by Gasteiger charge is 2.18. The van der Waals surface area contributed by atoms with E-state index in [2.05, 4.69) is 15.3 Å². The predicted octanol–water partition coefficient (Wildman–Crippen LogP) is 1.96. The topological polar surface area (TPSA) is 76.2 Å². The molecule has 2 aromatic rings. The molecule has 116 valence electrons.